The fourth-order valence-corrected chi connectivity index (χ4v) is 3.28. The zero-order chi connectivity index (χ0) is 15.8. The Kier molecular flexibility index (Phi) is 6.75. The number of unbranched alkanes of at least 4 members (excludes halogenated alkanes) is 2. The van der Waals surface area contributed by atoms with Crippen molar-refractivity contribution in [1.82, 2.24) is 0 Å². The lowest BCUT2D eigenvalue weighted by Gasteiger charge is -2.28. The fourth-order valence-electron chi connectivity index (χ4n) is 3.28. The van der Waals surface area contributed by atoms with Crippen molar-refractivity contribution >= 4 is 5.97 Å². The van der Waals surface area contributed by atoms with Gasteiger partial charge >= 0.3 is 5.97 Å². The average molecular weight is 304 g/mol. The largest absolute Gasteiger partial charge is 0.493 e. The van der Waals surface area contributed by atoms with Crippen LogP contribution in [0, 0.1) is 11.8 Å². The molecule has 0 saturated heterocycles. The molecular weight excluding hydrogens is 276 g/mol. The number of ether oxygens (including phenoxy) is 1. The van der Waals surface area contributed by atoms with E-state index in [4.69, 9.17) is 9.84 Å². The minimum absolute atomic E-state index is 0.305. The summed E-state index contributed by atoms with van der Waals surface area (Å²) in [5, 5.41) is 8.87. The predicted octanol–water partition coefficient (Wildman–Crippen LogP) is 5.15. The Morgan fingerprint density at radius 2 is 1.73 bits per heavy atom. The monoisotopic (exact) mass is 304 g/mol. The van der Waals surface area contributed by atoms with Gasteiger partial charge in [0.1, 0.15) is 5.75 Å². The molecule has 0 bridgehead atoms. The predicted molar refractivity (Wildman–Crippen MR) is 88.5 cm³/mol. The second-order valence-electron chi connectivity index (χ2n) is 6.52. The highest BCUT2D eigenvalue weighted by Gasteiger charge is 2.21. The van der Waals surface area contributed by atoms with Crippen LogP contribution in [-0.4, -0.2) is 17.7 Å². The van der Waals surface area contributed by atoms with E-state index in [1.807, 2.05) is 0 Å². The number of hydrogen-bond acceptors (Lipinski definition) is 2. The quantitative estimate of drug-likeness (QED) is 0.675. The highest BCUT2D eigenvalue weighted by molar-refractivity contribution is 5.87. The summed E-state index contributed by atoms with van der Waals surface area (Å²) in [5.41, 5.74) is 0.305. The zero-order valence-corrected chi connectivity index (χ0v) is 13.6. The van der Waals surface area contributed by atoms with E-state index in [-0.39, 0.29) is 0 Å². The van der Waals surface area contributed by atoms with E-state index in [2.05, 4.69) is 6.92 Å². The van der Waals surface area contributed by atoms with E-state index in [1.165, 1.54) is 51.4 Å². The Balaban J connectivity index is 1.67. The van der Waals surface area contributed by atoms with Gasteiger partial charge in [0, 0.05) is 0 Å². The second kappa shape index (κ2) is 8.82. The first-order valence-corrected chi connectivity index (χ1v) is 8.65. The molecule has 22 heavy (non-hydrogen) atoms. The number of benzene rings is 1. The number of carboxylic acid groups (broad SMARTS) is 1. The molecule has 1 aromatic rings. The van der Waals surface area contributed by atoms with Crippen LogP contribution in [0.4, 0.5) is 0 Å². The topological polar surface area (TPSA) is 46.5 Å². The van der Waals surface area contributed by atoms with Crippen molar-refractivity contribution in [2.75, 3.05) is 6.61 Å². The Morgan fingerprint density at radius 3 is 2.32 bits per heavy atom. The smallest absolute Gasteiger partial charge is 0.335 e. The maximum atomic E-state index is 10.8. The van der Waals surface area contributed by atoms with Crippen molar-refractivity contribution in [3.05, 3.63) is 29.8 Å². The first-order chi connectivity index (χ1) is 10.7. The van der Waals surface area contributed by atoms with Gasteiger partial charge in [0.2, 0.25) is 0 Å². The van der Waals surface area contributed by atoms with Gasteiger partial charge in [0.25, 0.3) is 0 Å². The Morgan fingerprint density at radius 1 is 1.09 bits per heavy atom. The third kappa shape index (κ3) is 5.36. The van der Waals surface area contributed by atoms with E-state index in [9.17, 15) is 4.79 Å². The SMILES string of the molecule is CCCCC[C@H]1CC[C@H](COc2ccc(C(=O)O)cc2)CC1. The molecule has 0 aliphatic heterocycles. The van der Waals surface area contributed by atoms with Gasteiger partial charge in [-0.15, -0.1) is 0 Å². The van der Waals surface area contributed by atoms with Gasteiger partial charge in [-0.1, -0.05) is 45.4 Å². The van der Waals surface area contributed by atoms with Gasteiger partial charge in [-0.2, -0.15) is 0 Å². The van der Waals surface area contributed by atoms with Crippen LogP contribution in [0.15, 0.2) is 24.3 Å². The molecule has 1 N–H and O–H groups in total. The molecular formula is C19H28O3. The summed E-state index contributed by atoms with van der Waals surface area (Å²) in [5.74, 6) is 1.46. The summed E-state index contributed by atoms with van der Waals surface area (Å²) < 4.78 is 5.82. The lowest BCUT2D eigenvalue weighted by atomic mass is 9.80. The molecule has 3 nitrogen and oxygen atoms in total. The van der Waals surface area contributed by atoms with E-state index in [0.29, 0.717) is 11.5 Å². The zero-order valence-electron chi connectivity index (χ0n) is 13.6. The van der Waals surface area contributed by atoms with Gasteiger partial charge in [0.05, 0.1) is 12.2 Å². The highest BCUT2D eigenvalue weighted by Crippen LogP contribution is 2.32. The molecule has 0 amide bonds. The van der Waals surface area contributed by atoms with Gasteiger partial charge in [-0.05, 0) is 48.9 Å². The Labute approximate surface area is 133 Å². The van der Waals surface area contributed by atoms with Gasteiger partial charge in [-0.25, -0.2) is 4.79 Å². The molecule has 0 atom stereocenters. The molecule has 0 spiro atoms. The summed E-state index contributed by atoms with van der Waals surface area (Å²) in [6.07, 6.45) is 10.7. The molecule has 1 saturated carbocycles. The number of rotatable bonds is 8. The van der Waals surface area contributed by atoms with E-state index < -0.39 is 5.97 Å². The Hall–Kier alpha value is -1.51. The molecule has 1 aliphatic rings. The molecule has 3 heteroatoms. The standard InChI is InChI=1S/C19H28O3/c1-2-3-4-5-15-6-8-16(9-7-15)14-22-18-12-10-17(11-13-18)19(20)21/h10-13,15-16H,2-9,14H2,1H3,(H,20,21)/t15-,16-. The van der Waals surface area contributed by atoms with Crippen LogP contribution in [0.1, 0.15) is 68.6 Å². The third-order valence-electron chi connectivity index (χ3n) is 4.77. The minimum atomic E-state index is -0.895. The second-order valence-corrected chi connectivity index (χ2v) is 6.52. The average Bonchev–Trinajstić information content (AvgIpc) is 2.55. The molecule has 1 aromatic carbocycles. The number of carboxylic acids is 1. The molecule has 1 aliphatic carbocycles. The van der Waals surface area contributed by atoms with Crippen molar-refractivity contribution in [2.45, 2.75) is 58.3 Å². The molecule has 0 radical (unpaired) electrons. The van der Waals surface area contributed by atoms with Crippen molar-refractivity contribution in [3.8, 4) is 5.75 Å². The third-order valence-corrected chi connectivity index (χ3v) is 4.77. The van der Waals surface area contributed by atoms with Crippen LogP contribution >= 0.6 is 0 Å². The summed E-state index contributed by atoms with van der Waals surface area (Å²) in [6, 6.07) is 6.70. The number of carbonyl (C=O) groups is 1. The van der Waals surface area contributed by atoms with Crippen LogP contribution in [-0.2, 0) is 0 Å². The van der Waals surface area contributed by atoms with Crippen LogP contribution in [0.5, 0.6) is 5.75 Å². The van der Waals surface area contributed by atoms with Crippen molar-refractivity contribution < 1.29 is 14.6 Å². The van der Waals surface area contributed by atoms with Gasteiger partial charge in [-0.3, -0.25) is 0 Å². The van der Waals surface area contributed by atoms with Crippen LogP contribution in [0.3, 0.4) is 0 Å². The maximum absolute atomic E-state index is 10.8. The summed E-state index contributed by atoms with van der Waals surface area (Å²) in [6.45, 7) is 3.02. The van der Waals surface area contributed by atoms with Gasteiger partial charge in [0.15, 0.2) is 0 Å². The maximum Gasteiger partial charge on any atom is 0.335 e. The Bertz CT molecular complexity index is 444. The van der Waals surface area contributed by atoms with E-state index in [1.54, 1.807) is 24.3 Å². The van der Waals surface area contributed by atoms with Crippen molar-refractivity contribution in [2.24, 2.45) is 11.8 Å². The first-order valence-electron chi connectivity index (χ1n) is 8.65. The number of hydrogen-bond donors (Lipinski definition) is 1. The molecule has 122 valence electrons. The minimum Gasteiger partial charge on any atom is -0.493 e. The summed E-state index contributed by atoms with van der Waals surface area (Å²) >= 11 is 0. The van der Waals surface area contributed by atoms with E-state index >= 15 is 0 Å². The number of aromatic carboxylic acids is 1. The van der Waals surface area contributed by atoms with E-state index in [0.717, 1.165) is 18.3 Å². The molecule has 1 fully saturated rings. The lowest BCUT2D eigenvalue weighted by Crippen LogP contribution is -2.20. The summed E-state index contributed by atoms with van der Waals surface area (Å²) in [4.78, 5) is 10.8. The molecule has 2 rings (SSSR count). The normalized spacial score (nSPS) is 21.5. The fraction of sp³-hybridized carbons (Fsp3) is 0.632. The first kappa shape index (κ1) is 16.9. The lowest BCUT2D eigenvalue weighted by molar-refractivity contribution is 0.0697. The molecule has 0 aromatic heterocycles. The van der Waals surface area contributed by atoms with Crippen LogP contribution < -0.4 is 4.74 Å². The highest BCUT2D eigenvalue weighted by atomic mass is 16.5. The van der Waals surface area contributed by atoms with Crippen molar-refractivity contribution in [1.29, 1.82) is 0 Å². The van der Waals surface area contributed by atoms with Crippen molar-refractivity contribution in [3.63, 3.8) is 0 Å². The molecule has 0 unspecified atom stereocenters. The summed E-state index contributed by atoms with van der Waals surface area (Å²) in [7, 11) is 0. The van der Waals surface area contributed by atoms with Crippen LogP contribution in [0.2, 0.25) is 0 Å². The van der Waals surface area contributed by atoms with Crippen LogP contribution in [0.25, 0.3) is 0 Å². The molecule has 0 heterocycles. The van der Waals surface area contributed by atoms with Gasteiger partial charge < -0.3 is 9.84 Å².